The summed E-state index contributed by atoms with van der Waals surface area (Å²) in [6.07, 6.45) is 1.15. The number of piperidine rings is 1. The number of Topliss-reactive ketones (excluding diaryl/α,β-unsaturated/α-hetero) is 1. The van der Waals surface area contributed by atoms with Gasteiger partial charge in [0.05, 0.1) is 0 Å². The van der Waals surface area contributed by atoms with E-state index in [2.05, 4.69) is 6.07 Å². The molecular formula is C13H15NO2. The molecule has 0 aromatic heterocycles. The third-order valence-corrected chi connectivity index (χ3v) is 2.79. The number of hydrogen-bond acceptors (Lipinski definition) is 2. The van der Waals surface area contributed by atoms with Crippen molar-refractivity contribution in [3.05, 3.63) is 29.3 Å². The monoisotopic (exact) mass is 217 g/mol. The van der Waals surface area contributed by atoms with E-state index in [1.807, 2.05) is 26.0 Å². The van der Waals surface area contributed by atoms with Gasteiger partial charge in [-0.3, -0.25) is 9.59 Å². The number of nitrogens with zero attached hydrogens (tertiary/aromatic N) is 1. The second-order valence-corrected chi connectivity index (χ2v) is 4.33. The average Bonchev–Trinajstić information content (AvgIpc) is 2.20. The first kappa shape index (κ1) is 10.9. The number of rotatable bonds is 1. The molecule has 1 heterocycles. The largest absolute Gasteiger partial charge is 0.306 e. The number of carbonyl (C=O) groups is 2. The Morgan fingerprint density at radius 1 is 1.06 bits per heavy atom. The molecule has 0 bridgehead atoms. The van der Waals surface area contributed by atoms with Crippen LogP contribution in [-0.4, -0.2) is 18.2 Å². The zero-order chi connectivity index (χ0) is 11.7. The number of amides is 1. The van der Waals surface area contributed by atoms with Gasteiger partial charge < -0.3 is 4.90 Å². The molecule has 2 rings (SSSR count). The second-order valence-electron chi connectivity index (χ2n) is 4.33. The molecule has 16 heavy (non-hydrogen) atoms. The lowest BCUT2D eigenvalue weighted by atomic mass is 10.1. The van der Waals surface area contributed by atoms with Crippen molar-refractivity contribution in [1.82, 2.24) is 0 Å². The Kier molecular flexibility index (Phi) is 2.77. The zero-order valence-corrected chi connectivity index (χ0v) is 9.62. The van der Waals surface area contributed by atoms with E-state index < -0.39 is 0 Å². The van der Waals surface area contributed by atoms with Crippen LogP contribution in [0.15, 0.2) is 18.2 Å². The number of ketones is 1. The van der Waals surface area contributed by atoms with E-state index in [0.717, 1.165) is 23.2 Å². The predicted octanol–water partition coefficient (Wildman–Crippen LogP) is 2.00. The lowest BCUT2D eigenvalue weighted by Gasteiger charge is -2.26. The minimum Gasteiger partial charge on any atom is -0.306 e. The first-order valence-corrected chi connectivity index (χ1v) is 5.51. The zero-order valence-electron chi connectivity index (χ0n) is 9.62. The van der Waals surface area contributed by atoms with Gasteiger partial charge in [-0.05, 0) is 43.5 Å². The summed E-state index contributed by atoms with van der Waals surface area (Å²) < 4.78 is 0. The lowest BCUT2D eigenvalue weighted by Crippen LogP contribution is -2.41. The molecule has 0 unspecified atom stereocenters. The van der Waals surface area contributed by atoms with Crippen molar-refractivity contribution in [3.8, 4) is 0 Å². The summed E-state index contributed by atoms with van der Waals surface area (Å²) in [5.74, 6) is -0.637. The van der Waals surface area contributed by atoms with Gasteiger partial charge >= 0.3 is 0 Å². The van der Waals surface area contributed by atoms with E-state index in [1.54, 1.807) is 4.90 Å². The molecule has 1 aliphatic heterocycles. The molecule has 84 valence electrons. The van der Waals surface area contributed by atoms with Crippen LogP contribution in [0.4, 0.5) is 5.69 Å². The molecule has 1 saturated heterocycles. The molecule has 1 amide bonds. The van der Waals surface area contributed by atoms with Crippen molar-refractivity contribution in [2.45, 2.75) is 26.7 Å². The maximum Gasteiger partial charge on any atom is 0.294 e. The Hall–Kier alpha value is -1.64. The summed E-state index contributed by atoms with van der Waals surface area (Å²) in [7, 11) is 0. The molecule has 0 spiro atoms. The van der Waals surface area contributed by atoms with Gasteiger partial charge in [0.1, 0.15) is 0 Å². The van der Waals surface area contributed by atoms with Gasteiger partial charge in [0, 0.05) is 18.7 Å². The minimum atomic E-state index is -0.365. The molecule has 0 aliphatic carbocycles. The van der Waals surface area contributed by atoms with E-state index in [1.165, 1.54) is 0 Å². The highest BCUT2D eigenvalue weighted by molar-refractivity contribution is 6.41. The van der Waals surface area contributed by atoms with Gasteiger partial charge in [-0.2, -0.15) is 0 Å². The Morgan fingerprint density at radius 2 is 1.69 bits per heavy atom. The molecule has 1 aromatic carbocycles. The summed E-state index contributed by atoms with van der Waals surface area (Å²) >= 11 is 0. The summed E-state index contributed by atoms with van der Waals surface area (Å²) in [6.45, 7) is 4.63. The predicted molar refractivity (Wildman–Crippen MR) is 62.5 cm³/mol. The highest BCUT2D eigenvalue weighted by Gasteiger charge is 2.27. The summed E-state index contributed by atoms with van der Waals surface area (Å²) in [6, 6.07) is 5.95. The maximum absolute atomic E-state index is 11.7. The van der Waals surface area contributed by atoms with Crippen LogP contribution < -0.4 is 4.90 Å². The molecule has 1 fully saturated rings. The lowest BCUT2D eigenvalue weighted by molar-refractivity contribution is -0.137. The first-order valence-electron chi connectivity index (χ1n) is 5.51. The van der Waals surface area contributed by atoms with E-state index >= 15 is 0 Å². The Bertz CT molecular complexity index is 431. The Labute approximate surface area is 95.1 Å². The van der Waals surface area contributed by atoms with Gasteiger partial charge in [0.15, 0.2) is 0 Å². The molecule has 3 heteroatoms. The standard InChI is InChI=1S/C13H15NO2/c1-9-6-10(2)8-11(7-9)14-5-3-4-12(15)13(14)16/h6-8H,3-5H2,1-2H3. The minimum absolute atomic E-state index is 0.273. The van der Waals surface area contributed by atoms with Gasteiger partial charge in [0.25, 0.3) is 5.91 Å². The normalized spacial score (nSPS) is 16.8. The van der Waals surface area contributed by atoms with Crippen LogP contribution in [0.5, 0.6) is 0 Å². The fourth-order valence-corrected chi connectivity index (χ4v) is 2.11. The first-order chi connectivity index (χ1) is 7.58. The van der Waals surface area contributed by atoms with Crippen LogP contribution in [0, 0.1) is 13.8 Å². The van der Waals surface area contributed by atoms with Gasteiger partial charge in [0.2, 0.25) is 5.78 Å². The topological polar surface area (TPSA) is 37.4 Å². The van der Waals surface area contributed by atoms with Crippen LogP contribution in [-0.2, 0) is 9.59 Å². The van der Waals surface area contributed by atoms with Crippen molar-refractivity contribution in [3.63, 3.8) is 0 Å². The Balaban J connectivity index is 2.35. The van der Waals surface area contributed by atoms with E-state index in [0.29, 0.717) is 13.0 Å². The highest BCUT2D eigenvalue weighted by Crippen LogP contribution is 2.22. The Morgan fingerprint density at radius 3 is 2.31 bits per heavy atom. The van der Waals surface area contributed by atoms with E-state index in [9.17, 15) is 9.59 Å². The van der Waals surface area contributed by atoms with E-state index in [4.69, 9.17) is 0 Å². The van der Waals surface area contributed by atoms with Crippen LogP contribution in [0.25, 0.3) is 0 Å². The molecule has 0 N–H and O–H groups in total. The van der Waals surface area contributed by atoms with Gasteiger partial charge in [-0.15, -0.1) is 0 Å². The number of anilines is 1. The number of aryl methyl sites for hydroxylation is 2. The quantitative estimate of drug-likeness (QED) is 0.675. The second kappa shape index (κ2) is 4.08. The van der Waals surface area contributed by atoms with E-state index in [-0.39, 0.29) is 11.7 Å². The van der Waals surface area contributed by atoms with Crippen molar-refractivity contribution >= 4 is 17.4 Å². The fraction of sp³-hybridized carbons (Fsp3) is 0.385. The van der Waals surface area contributed by atoms with Crippen molar-refractivity contribution in [2.24, 2.45) is 0 Å². The third-order valence-electron chi connectivity index (χ3n) is 2.79. The SMILES string of the molecule is Cc1cc(C)cc(N2CCCC(=O)C2=O)c1. The molecule has 0 radical (unpaired) electrons. The van der Waals surface area contributed by atoms with Gasteiger partial charge in [-0.25, -0.2) is 0 Å². The molecule has 3 nitrogen and oxygen atoms in total. The van der Waals surface area contributed by atoms with Gasteiger partial charge in [-0.1, -0.05) is 6.07 Å². The molecule has 1 aliphatic rings. The molecule has 0 saturated carbocycles. The summed E-state index contributed by atoms with van der Waals surface area (Å²) in [5.41, 5.74) is 3.07. The van der Waals surface area contributed by atoms with Crippen molar-refractivity contribution < 1.29 is 9.59 Å². The molecule has 1 aromatic rings. The third kappa shape index (κ3) is 1.98. The van der Waals surface area contributed by atoms with Crippen LogP contribution in [0.2, 0.25) is 0 Å². The average molecular weight is 217 g/mol. The fourth-order valence-electron chi connectivity index (χ4n) is 2.11. The summed E-state index contributed by atoms with van der Waals surface area (Å²) in [5, 5.41) is 0. The van der Waals surface area contributed by atoms with Crippen LogP contribution in [0.3, 0.4) is 0 Å². The highest BCUT2D eigenvalue weighted by atomic mass is 16.2. The number of benzene rings is 1. The van der Waals surface area contributed by atoms with Crippen LogP contribution in [0.1, 0.15) is 24.0 Å². The molecular weight excluding hydrogens is 202 g/mol. The molecule has 0 atom stereocenters. The maximum atomic E-state index is 11.7. The van der Waals surface area contributed by atoms with Crippen LogP contribution >= 0.6 is 0 Å². The van der Waals surface area contributed by atoms with Crippen molar-refractivity contribution in [1.29, 1.82) is 0 Å². The van der Waals surface area contributed by atoms with Crippen molar-refractivity contribution in [2.75, 3.05) is 11.4 Å². The number of carbonyl (C=O) groups excluding carboxylic acids is 2. The number of hydrogen-bond donors (Lipinski definition) is 0. The summed E-state index contributed by atoms with van der Waals surface area (Å²) in [4.78, 5) is 24.7. The smallest absolute Gasteiger partial charge is 0.294 e.